The van der Waals surface area contributed by atoms with Crippen LogP contribution in [-0.2, 0) is 23.8 Å². The number of aliphatic hydroxyl groups excluding tert-OH is 1. The van der Waals surface area contributed by atoms with Crippen molar-refractivity contribution < 1.29 is 33.3 Å². The molecular weight excluding hydrogens is 667 g/mol. The summed E-state index contributed by atoms with van der Waals surface area (Å²) in [5.41, 5.74) is -2.19. The highest BCUT2D eigenvalue weighted by molar-refractivity contribution is 5.70. The van der Waals surface area contributed by atoms with Crippen molar-refractivity contribution in [3.63, 3.8) is 0 Å². The van der Waals surface area contributed by atoms with Gasteiger partial charge in [-0.1, -0.05) is 168 Å². The average Bonchev–Trinajstić information content (AvgIpc) is 3.43. The summed E-state index contributed by atoms with van der Waals surface area (Å²) in [5.74, 6) is -2.22. The zero-order valence-electron chi connectivity index (χ0n) is 32.5. The Morgan fingerprint density at radius 1 is 0.692 bits per heavy atom. The van der Waals surface area contributed by atoms with Gasteiger partial charge in [0.15, 0.2) is 12.3 Å². The van der Waals surface area contributed by atoms with E-state index >= 15 is 0 Å². The van der Waals surface area contributed by atoms with Crippen LogP contribution in [0, 0.1) is 5.82 Å². The Balaban J connectivity index is 1.73. The molecule has 52 heavy (non-hydrogen) atoms. The lowest BCUT2D eigenvalue weighted by Crippen LogP contribution is -2.40. The monoisotopic (exact) mass is 739 g/mol. The summed E-state index contributed by atoms with van der Waals surface area (Å²) in [6.07, 6.45) is 26.5. The van der Waals surface area contributed by atoms with Crippen LogP contribution in [0.1, 0.15) is 200 Å². The third-order valence-electron chi connectivity index (χ3n) is 10.2. The van der Waals surface area contributed by atoms with Gasteiger partial charge in [-0.25, -0.2) is 4.79 Å². The summed E-state index contributed by atoms with van der Waals surface area (Å²) in [7, 11) is 0. The molecule has 1 aliphatic heterocycles. The van der Waals surface area contributed by atoms with Gasteiger partial charge < -0.3 is 19.3 Å². The molecule has 0 radical (unpaired) electrons. The van der Waals surface area contributed by atoms with Crippen molar-refractivity contribution in [2.75, 3.05) is 6.61 Å². The molecule has 1 aromatic heterocycles. The maximum absolute atomic E-state index is 14.1. The predicted octanol–water partition coefficient (Wildman–Crippen LogP) is 9.35. The van der Waals surface area contributed by atoms with Gasteiger partial charge in [-0.15, -0.1) is 0 Å². The summed E-state index contributed by atoms with van der Waals surface area (Å²) in [5, 5.41) is 11.1. The molecule has 0 aromatic carbocycles. The first-order chi connectivity index (χ1) is 25.3. The first kappa shape index (κ1) is 45.6. The van der Waals surface area contributed by atoms with E-state index in [0.717, 1.165) is 38.5 Å². The third kappa shape index (κ3) is 19.5. The first-order valence-corrected chi connectivity index (χ1v) is 21.0. The Hall–Kier alpha value is -2.53. The van der Waals surface area contributed by atoms with Crippen LogP contribution in [0.4, 0.5) is 4.39 Å². The largest absolute Gasteiger partial charge is 0.463 e. The van der Waals surface area contributed by atoms with Gasteiger partial charge in [-0.2, -0.15) is 4.39 Å². The number of halogens is 1. The second-order valence-electron chi connectivity index (χ2n) is 14.8. The normalized spacial score (nSPS) is 18.5. The molecule has 10 nitrogen and oxygen atoms in total. The van der Waals surface area contributed by atoms with E-state index in [1.54, 1.807) is 0 Å². The number of esters is 2. The van der Waals surface area contributed by atoms with E-state index in [9.17, 15) is 28.7 Å². The number of aliphatic hydroxyl groups is 1. The lowest BCUT2D eigenvalue weighted by Gasteiger charge is -2.21. The lowest BCUT2D eigenvalue weighted by molar-refractivity contribution is -0.160. The summed E-state index contributed by atoms with van der Waals surface area (Å²) >= 11 is 0. The van der Waals surface area contributed by atoms with Crippen LogP contribution in [0.15, 0.2) is 15.8 Å². The molecule has 0 saturated carbocycles. The van der Waals surface area contributed by atoms with E-state index in [2.05, 4.69) is 13.8 Å². The van der Waals surface area contributed by atoms with Crippen molar-refractivity contribution in [3.05, 3.63) is 32.9 Å². The SMILES string of the molecule is CCCCCCCCCCCCCCCC(=O)OC[C@H]1O[C@@H](n2cc(F)c(=O)[nH]c2=O)[C@H](O)[C@@H]1OC(=O)CCCCCCCCCCCCCCC. The van der Waals surface area contributed by atoms with E-state index in [-0.39, 0.29) is 19.4 Å². The van der Waals surface area contributed by atoms with Crippen molar-refractivity contribution >= 4 is 11.9 Å². The molecule has 0 aliphatic carbocycles. The highest BCUT2D eigenvalue weighted by atomic mass is 19.1. The second-order valence-corrected chi connectivity index (χ2v) is 14.8. The number of unbranched alkanes of at least 4 members (excludes halogenated alkanes) is 24. The third-order valence-corrected chi connectivity index (χ3v) is 10.2. The van der Waals surface area contributed by atoms with Crippen LogP contribution >= 0.6 is 0 Å². The summed E-state index contributed by atoms with van der Waals surface area (Å²) in [6.45, 7) is 4.15. The number of H-pyrrole nitrogens is 1. The van der Waals surface area contributed by atoms with E-state index in [1.165, 1.54) is 116 Å². The summed E-state index contributed by atoms with van der Waals surface area (Å²) in [4.78, 5) is 51.2. The van der Waals surface area contributed by atoms with Crippen molar-refractivity contribution in [2.24, 2.45) is 0 Å². The number of hydrogen-bond acceptors (Lipinski definition) is 8. The van der Waals surface area contributed by atoms with Crippen LogP contribution in [0.2, 0.25) is 0 Å². The topological polar surface area (TPSA) is 137 Å². The van der Waals surface area contributed by atoms with Crippen molar-refractivity contribution in [1.29, 1.82) is 0 Å². The number of hydrogen-bond donors (Lipinski definition) is 2. The fraction of sp³-hybridized carbons (Fsp3) is 0.854. The van der Waals surface area contributed by atoms with Crippen molar-refractivity contribution in [1.82, 2.24) is 9.55 Å². The van der Waals surface area contributed by atoms with Crippen LogP contribution in [0.3, 0.4) is 0 Å². The number of carbonyl (C=O) groups is 2. The van der Waals surface area contributed by atoms with E-state index < -0.39 is 53.5 Å². The van der Waals surface area contributed by atoms with Gasteiger partial charge in [0.2, 0.25) is 5.82 Å². The minimum Gasteiger partial charge on any atom is -0.463 e. The number of rotatable bonds is 32. The molecule has 2 N–H and O–H groups in total. The molecule has 0 amide bonds. The van der Waals surface area contributed by atoms with Crippen molar-refractivity contribution in [3.8, 4) is 0 Å². The standard InChI is InChI=1S/C41H71FN2O8/c1-3-5-7-9-11-13-15-17-19-21-23-25-27-29-35(45)50-32-34-38(37(47)40(51-34)44-31-33(42)39(48)43-41(44)49)52-36(46)30-28-26-24-22-20-18-16-14-12-10-8-6-4-2/h31,34,37-38,40,47H,3-30,32H2,1-2H3,(H,43,48,49)/t34-,37-,38-,40-/m1/s1. The van der Waals surface area contributed by atoms with Crippen molar-refractivity contribution in [2.45, 2.75) is 218 Å². The van der Waals surface area contributed by atoms with Gasteiger partial charge in [-0.05, 0) is 12.8 Å². The molecule has 2 heterocycles. The molecule has 0 spiro atoms. The average molecular weight is 739 g/mol. The first-order valence-electron chi connectivity index (χ1n) is 21.0. The zero-order valence-corrected chi connectivity index (χ0v) is 32.5. The highest BCUT2D eigenvalue weighted by Gasteiger charge is 2.48. The minimum absolute atomic E-state index is 0.143. The molecular formula is C41H71FN2O8. The molecule has 0 bridgehead atoms. The van der Waals surface area contributed by atoms with Gasteiger partial charge in [0.1, 0.15) is 18.8 Å². The van der Waals surface area contributed by atoms with Gasteiger partial charge >= 0.3 is 17.6 Å². The number of aromatic nitrogens is 2. The maximum atomic E-state index is 14.1. The number of carbonyl (C=O) groups excluding carboxylic acids is 2. The number of aromatic amines is 1. The molecule has 1 fully saturated rings. The van der Waals surface area contributed by atoms with Crippen LogP contribution in [0.5, 0.6) is 0 Å². The van der Waals surface area contributed by atoms with Gasteiger partial charge in [0.05, 0.1) is 6.20 Å². The van der Waals surface area contributed by atoms with Gasteiger partial charge in [0, 0.05) is 12.8 Å². The van der Waals surface area contributed by atoms with Gasteiger partial charge in [-0.3, -0.25) is 23.9 Å². The number of ether oxygens (including phenoxy) is 3. The van der Waals surface area contributed by atoms with E-state index in [0.29, 0.717) is 23.6 Å². The Bertz CT molecular complexity index is 1200. The fourth-order valence-electron chi connectivity index (χ4n) is 6.91. The Labute approximate surface area is 312 Å². The van der Waals surface area contributed by atoms with E-state index in [1.807, 2.05) is 4.98 Å². The summed E-state index contributed by atoms with van der Waals surface area (Å²) < 4.78 is 31.7. The Kier molecular flexibility index (Phi) is 25.4. The Morgan fingerprint density at radius 2 is 1.10 bits per heavy atom. The smallest absolute Gasteiger partial charge is 0.330 e. The molecule has 0 unspecified atom stereocenters. The molecule has 11 heteroatoms. The predicted molar refractivity (Wildman–Crippen MR) is 203 cm³/mol. The number of nitrogens with zero attached hydrogens (tertiary/aromatic N) is 1. The second kappa shape index (κ2) is 28.9. The quantitative estimate of drug-likeness (QED) is 0.0551. The zero-order chi connectivity index (χ0) is 37.8. The van der Waals surface area contributed by atoms with Crippen LogP contribution in [-0.4, -0.2) is 51.5 Å². The maximum Gasteiger partial charge on any atom is 0.330 e. The molecule has 1 aromatic rings. The molecule has 300 valence electrons. The van der Waals surface area contributed by atoms with Crippen LogP contribution < -0.4 is 11.2 Å². The van der Waals surface area contributed by atoms with Crippen LogP contribution in [0.25, 0.3) is 0 Å². The van der Waals surface area contributed by atoms with E-state index in [4.69, 9.17) is 14.2 Å². The van der Waals surface area contributed by atoms with Gasteiger partial charge in [0.25, 0.3) is 5.56 Å². The lowest BCUT2D eigenvalue weighted by atomic mass is 10.0. The molecule has 1 saturated heterocycles. The molecule has 2 rings (SSSR count). The summed E-state index contributed by atoms with van der Waals surface area (Å²) in [6, 6.07) is 0. The fourth-order valence-corrected chi connectivity index (χ4v) is 6.91. The minimum atomic E-state index is -1.57. The number of nitrogens with one attached hydrogen (secondary N) is 1. The highest BCUT2D eigenvalue weighted by Crippen LogP contribution is 2.31. The molecule has 1 aliphatic rings. The Morgan fingerprint density at radius 3 is 1.54 bits per heavy atom. The molecule has 4 atom stereocenters.